The lowest BCUT2D eigenvalue weighted by atomic mass is 10.1. The summed E-state index contributed by atoms with van der Waals surface area (Å²) < 4.78 is 24.3. The Bertz CT molecular complexity index is 430. The third-order valence-electron chi connectivity index (χ3n) is 2.96. The summed E-state index contributed by atoms with van der Waals surface area (Å²) in [7, 11) is -3.05. The van der Waals surface area contributed by atoms with Crippen molar-refractivity contribution in [3.8, 4) is 0 Å². The highest BCUT2D eigenvalue weighted by molar-refractivity contribution is 7.88. The van der Waals surface area contributed by atoms with Crippen molar-refractivity contribution in [3.05, 3.63) is 24.8 Å². The van der Waals surface area contributed by atoms with E-state index in [2.05, 4.69) is 18.5 Å². The molecule has 1 heterocycles. The summed E-state index contributed by atoms with van der Waals surface area (Å²) in [6, 6.07) is 0.206. The van der Waals surface area contributed by atoms with Crippen molar-refractivity contribution in [3.63, 3.8) is 0 Å². The Labute approximate surface area is 110 Å². The summed E-state index contributed by atoms with van der Waals surface area (Å²) in [5, 5.41) is 0. The normalized spacial score (nSPS) is 20.4. The molecule has 0 saturated carbocycles. The summed E-state index contributed by atoms with van der Waals surface area (Å²) in [5.41, 5.74) is 0.884. The highest BCUT2D eigenvalue weighted by atomic mass is 32.2. The van der Waals surface area contributed by atoms with Gasteiger partial charge in [-0.2, -0.15) is 0 Å². The average Bonchev–Trinajstić information content (AvgIpc) is 2.34. The molecule has 0 bridgehead atoms. The van der Waals surface area contributed by atoms with Gasteiger partial charge < -0.3 is 0 Å². The van der Waals surface area contributed by atoms with Crippen molar-refractivity contribution in [2.24, 2.45) is 4.99 Å². The van der Waals surface area contributed by atoms with E-state index in [4.69, 9.17) is 0 Å². The van der Waals surface area contributed by atoms with E-state index in [1.54, 1.807) is 6.08 Å². The molecule has 1 aliphatic heterocycles. The van der Waals surface area contributed by atoms with E-state index in [9.17, 15) is 8.42 Å². The minimum Gasteiger partial charge on any atom is -0.282 e. The number of hydrogen-bond acceptors (Lipinski definition) is 3. The Morgan fingerprint density at radius 3 is 2.50 bits per heavy atom. The topological polar surface area (TPSA) is 49.7 Å². The molecule has 0 spiro atoms. The number of rotatable bonds is 5. The van der Waals surface area contributed by atoms with Gasteiger partial charge in [-0.25, -0.2) is 12.7 Å². The van der Waals surface area contributed by atoms with Crippen LogP contribution in [0.3, 0.4) is 0 Å². The zero-order chi connectivity index (χ0) is 13.6. The summed E-state index contributed by atoms with van der Waals surface area (Å²) >= 11 is 0. The molecule has 1 rings (SSSR count). The van der Waals surface area contributed by atoms with Crippen LogP contribution in [-0.2, 0) is 10.0 Å². The van der Waals surface area contributed by atoms with Gasteiger partial charge in [0.2, 0.25) is 10.0 Å². The molecule has 1 aliphatic rings. The molecule has 0 radical (unpaired) electrons. The smallest absolute Gasteiger partial charge is 0.211 e. The van der Waals surface area contributed by atoms with Gasteiger partial charge in [0, 0.05) is 13.1 Å². The summed E-state index contributed by atoms with van der Waals surface area (Å²) in [5.74, 6) is 0. The number of hydrogen-bond donors (Lipinski definition) is 0. The average molecular weight is 270 g/mol. The maximum Gasteiger partial charge on any atom is 0.211 e. The van der Waals surface area contributed by atoms with Crippen molar-refractivity contribution < 1.29 is 8.42 Å². The van der Waals surface area contributed by atoms with Gasteiger partial charge in [0.15, 0.2) is 0 Å². The van der Waals surface area contributed by atoms with Gasteiger partial charge in [0.05, 0.1) is 18.0 Å². The molecule has 0 unspecified atom stereocenters. The fraction of sp³-hybridized carbons (Fsp3) is 0.615. The molecule has 102 valence electrons. The van der Waals surface area contributed by atoms with E-state index < -0.39 is 10.0 Å². The van der Waals surface area contributed by atoms with Gasteiger partial charge in [-0.1, -0.05) is 19.6 Å². The van der Waals surface area contributed by atoms with Crippen LogP contribution >= 0.6 is 0 Å². The Hall–Kier alpha value is -0.940. The van der Waals surface area contributed by atoms with E-state index in [0.717, 1.165) is 25.0 Å². The first-order valence-electron chi connectivity index (χ1n) is 6.29. The molecule has 1 saturated heterocycles. The van der Waals surface area contributed by atoms with E-state index in [1.165, 1.54) is 10.6 Å². The molecule has 0 atom stereocenters. The molecule has 4 nitrogen and oxygen atoms in total. The van der Waals surface area contributed by atoms with Crippen molar-refractivity contribution in [1.82, 2.24) is 4.31 Å². The van der Waals surface area contributed by atoms with Gasteiger partial charge in [-0.05, 0) is 31.4 Å². The molecular weight excluding hydrogens is 248 g/mol. The van der Waals surface area contributed by atoms with Crippen LogP contribution in [-0.4, -0.2) is 43.8 Å². The first-order valence-corrected chi connectivity index (χ1v) is 8.14. The van der Waals surface area contributed by atoms with Crippen LogP contribution in [0.1, 0.15) is 26.2 Å². The van der Waals surface area contributed by atoms with Crippen LogP contribution in [0, 0.1) is 0 Å². The van der Waals surface area contributed by atoms with Crippen molar-refractivity contribution in [2.45, 2.75) is 32.2 Å². The van der Waals surface area contributed by atoms with Gasteiger partial charge in [-0.3, -0.25) is 4.99 Å². The molecule has 0 N–H and O–H groups in total. The maximum atomic E-state index is 11.4. The van der Waals surface area contributed by atoms with Crippen LogP contribution in [0.4, 0.5) is 0 Å². The van der Waals surface area contributed by atoms with E-state index in [-0.39, 0.29) is 6.04 Å². The third-order valence-corrected chi connectivity index (χ3v) is 4.26. The largest absolute Gasteiger partial charge is 0.282 e. The van der Waals surface area contributed by atoms with Crippen molar-refractivity contribution >= 4 is 15.7 Å². The third kappa shape index (κ3) is 4.74. The summed E-state index contributed by atoms with van der Waals surface area (Å²) in [6.45, 7) is 6.95. The van der Waals surface area contributed by atoms with Crippen LogP contribution in [0.15, 0.2) is 29.8 Å². The van der Waals surface area contributed by atoms with Crippen molar-refractivity contribution in [2.75, 3.05) is 19.3 Å². The molecule has 5 heteroatoms. The molecule has 0 aliphatic carbocycles. The molecule has 1 fully saturated rings. The lowest BCUT2D eigenvalue weighted by Crippen LogP contribution is -2.39. The SMILES string of the molecule is C=CC(/C=C\CC)=NC1CCN(S(C)(=O)=O)CC1. The monoisotopic (exact) mass is 270 g/mol. The maximum absolute atomic E-state index is 11.4. The predicted molar refractivity (Wildman–Crippen MR) is 76.5 cm³/mol. The zero-order valence-corrected chi connectivity index (χ0v) is 12.0. The quantitative estimate of drug-likeness (QED) is 0.717. The highest BCUT2D eigenvalue weighted by Crippen LogP contribution is 2.16. The van der Waals surface area contributed by atoms with E-state index in [0.29, 0.717) is 13.1 Å². The Balaban J connectivity index is 2.60. The highest BCUT2D eigenvalue weighted by Gasteiger charge is 2.24. The van der Waals surface area contributed by atoms with Gasteiger partial charge in [0.25, 0.3) is 0 Å². The lowest BCUT2D eigenvalue weighted by molar-refractivity contribution is 0.323. The number of aliphatic imine (C=N–C) groups is 1. The van der Waals surface area contributed by atoms with Crippen LogP contribution in [0.2, 0.25) is 0 Å². The molecule has 0 aromatic carbocycles. The Kier molecular flexibility index (Phi) is 5.75. The summed E-state index contributed by atoms with van der Waals surface area (Å²) in [4.78, 5) is 4.60. The fourth-order valence-corrected chi connectivity index (χ4v) is 2.79. The number of piperidine rings is 1. The summed E-state index contributed by atoms with van der Waals surface area (Å²) in [6.07, 6.45) is 9.56. The van der Waals surface area contributed by atoms with Crippen molar-refractivity contribution in [1.29, 1.82) is 0 Å². The number of sulfonamides is 1. The first-order chi connectivity index (χ1) is 8.47. The fourth-order valence-electron chi connectivity index (χ4n) is 1.92. The molecule has 18 heavy (non-hydrogen) atoms. The second-order valence-electron chi connectivity index (χ2n) is 4.46. The van der Waals surface area contributed by atoms with Crippen LogP contribution in [0.25, 0.3) is 0 Å². The Morgan fingerprint density at radius 2 is 2.06 bits per heavy atom. The first kappa shape index (κ1) is 15.1. The van der Waals surface area contributed by atoms with Gasteiger partial charge >= 0.3 is 0 Å². The number of allylic oxidation sites excluding steroid dienone is 3. The Morgan fingerprint density at radius 1 is 1.44 bits per heavy atom. The zero-order valence-electron chi connectivity index (χ0n) is 11.2. The molecule has 0 aromatic heterocycles. The minimum atomic E-state index is -3.05. The lowest BCUT2D eigenvalue weighted by Gasteiger charge is -2.28. The predicted octanol–water partition coefficient (Wildman–Crippen LogP) is 2.00. The number of nitrogens with zero attached hydrogens (tertiary/aromatic N) is 2. The standard InChI is InChI=1S/C13H22N2O2S/c1-4-6-7-12(5-2)14-13-8-10-15(11-9-13)18(3,16)17/h5-7,13H,2,4,8-11H2,1,3H3/b7-6-,14-12?. The van der Waals surface area contributed by atoms with E-state index in [1.807, 2.05) is 12.2 Å². The molecule has 0 amide bonds. The van der Waals surface area contributed by atoms with Gasteiger partial charge in [-0.15, -0.1) is 0 Å². The second kappa shape index (κ2) is 6.85. The molecule has 0 aromatic rings. The second-order valence-corrected chi connectivity index (χ2v) is 6.44. The van der Waals surface area contributed by atoms with E-state index >= 15 is 0 Å². The van der Waals surface area contributed by atoms with Crippen LogP contribution < -0.4 is 0 Å². The molecular formula is C13H22N2O2S. The van der Waals surface area contributed by atoms with Crippen LogP contribution in [0.5, 0.6) is 0 Å². The van der Waals surface area contributed by atoms with Gasteiger partial charge in [0.1, 0.15) is 0 Å². The minimum absolute atomic E-state index is 0.206.